The number of hydrogen-bond acceptors (Lipinski definition) is 6. The number of methoxy groups -OCH3 is 1. The van der Waals surface area contributed by atoms with Gasteiger partial charge in [0.05, 0.1) is 23.2 Å². The lowest BCUT2D eigenvalue weighted by molar-refractivity contribution is -0.285. The van der Waals surface area contributed by atoms with Gasteiger partial charge in [-0.25, -0.2) is 8.42 Å². The van der Waals surface area contributed by atoms with Gasteiger partial charge < -0.3 is 4.74 Å². The zero-order valence-corrected chi connectivity index (χ0v) is 13.0. The van der Waals surface area contributed by atoms with Crippen LogP contribution < -0.4 is 4.74 Å². The minimum Gasteiger partial charge on any atom is -0.497 e. The highest BCUT2D eigenvalue weighted by atomic mass is 32.2. The minimum absolute atomic E-state index is 0.102. The molecule has 2 N–H and O–H groups in total. The van der Waals surface area contributed by atoms with Crippen molar-refractivity contribution >= 4 is 15.7 Å². The molecule has 0 spiro atoms. The molecule has 0 aromatic heterocycles. The molecule has 1 aliphatic rings. The smallest absolute Gasteiger partial charge is 0.274 e. The number of sulfone groups is 1. The van der Waals surface area contributed by atoms with Crippen molar-refractivity contribution in [3.8, 4) is 5.75 Å². The number of benzene rings is 1. The van der Waals surface area contributed by atoms with Gasteiger partial charge in [0.2, 0.25) is 0 Å². The third-order valence-electron chi connectivity index (χ3n) is 4.15. The van der Waals surface area contributed by atoms with Crippen molar-refractivity contribution in [2.24, 2.45) is 0 Å². The van der Waals surface area contributed by atoms with Gasteiger partial charge in [-0.3, -0.25) is 15.2 Å². The Hall–Kier alpha value is -1.64. The van der Waals surface area contributed by atoms with Crippen molar-refractivity contribution in [1.29, 1.82) is 0 Å². The molecule has 8 heteroatoms. The van der Waals surface area contributed by atoms with E-state index in [4.69, 9.17) is 15.2 Å². The third-order valence-corrected chi connectivity index (χ3v) is 6.74. The lowest BCUT2D eigenvalue weighted by Gasteiger charge is -2.28. The van der Waals surface area contributed by atoms with Crippen molar-refractivity contribution in [2.45, 2.75) is 41.7 Å². The number of ether oxygens (including phenoxy) is 1. The van der Waals surface area contributed by atoms with Gasteiger partial charge in [-0.2, -0.15) is 0 Å². The van der Waals surface area contributed by atoms with E-state index in [0.717, 1.165) is 0 Å². The average molecular weight is 329 g/mol. The van der Waals surface area contributed by atoms with Gasteiger partial charge >= 0.3 is 0 Å². The zero-order chi connectivity index (χ0) is 16.4. The summed E-state index contributed by atoms with van der Waals surface area (Å²) < 4.78 is 29.6. The van der Waals surface area contributed by atoms with Crippen LogP contribution in [0.15, 0.2) is 29.2 Å². The highest BCUT2D eigenvalue weighted by molar-refractivity contribution is 7.92. The van der Waals surface area contributed by atoms with Gasteiger partial charge in [-0.1, -0.05) is 18.1 Å². The van der Waals surface area contributed by atoms with Gasteiger partial charge in [0.15, 0.2) is 9.84 Å². The predicted octanol–water partition coefficient (Wildman–Crippen LogP) is 1.78. The van der Waals surface area contributed by atoms with E-state index in [1.807, 2.05) is 0 Å². The molecule has 2 rings (SSSR count). The zero-order valence-electron chi connectivity index (χ0n) is 12.2. The van der Waals surface area contributed by atoms with Gasteiger partial charge in [-0.05, 0) is 37.1 Å². The summed E-state index contributed by atoms with van der Waals surface area (Å²) in [6.07, 6.45) is 1.55. The predicted molar refractivity (Wildman–Crippen MR) is 76.4 cm³/mol. The molecule has 7 nitrogen and oxygen atoms in total. The second kappa shape index (κ2) is 6.23. The molecule has 1 saturated carbocycles. The quantitative estimate of drug-likeness (QED) is 0.630. The summed E-state index contributed by atoms with van der Waals surface area (Å²) >= 11 is 0. The summed E-state index contributed by atoms with van der Waals surface area (Å²) in [6.45, 7) is 0. The average Bonchev–Trinajstić information content (AvgIpc) is 2.97. The molecule has 0 atom stereocenters. The summed E-state index contributed by atoms with van der Waals surface area (Å²) in [6, 6.07) is 5.96. The Bertz CT molecular complexity index is 632. The van der Waals surface area contributed by atoms with Crippen LogP contribution in [0.1, 0.15) is 32.1 Å². The van der Waals surface area contributed by atoms with Crippen LogP contribution in [0, 0.1) is 0 Å². The van der Waals surface area contributed by atoms with E-state index in [1.165, 1.54) is 19.2 Å². The van der Waals surface area contributed by atoms with E-state index in [-0.39, 0.29) is 4.90 Å². The van der Waals surface area contributed by atoms with E-state index in [9.17, 15) is 13.2 Å². The first-order chi connectivity index (χ1) is 10.3. The largest absolute Gasteiger partial charge is 0.497 e. The maximum Gasteiger partial charge on any atom is 0.274 e. The summed E-state index contributed by atoms with van der Waals surface area (Å²) in [7, 11) is -2.30. The van der Waals surface area contributed by atoms with Crippen molar-refractivity contribution in [2.75, 3.05) is 7.11 Å². The molecule has 1 aromatic rings. The molecule has 0 bridgehead atoms. The number of carbonyl (C=O) groups excluding carboxylic acids is 1. The molecule has 0 heterocycles. The Kier molecular flexibility index (Phi) is 4.74. The lowest BCUT2D eigenvalue weighted by Crippen LogP contribution is -2.41. The summed E-state index contributed by atoms with van der Waals surface area (Å²) in [5, 5.41) is 17.1. The minimum atomic E-state index is -3.78. The van der Waals surface area contributed by atoms with Gasteiger partial charge in [0.25, 0.3) is 5.91 Å². The maximum atomic E-state index is 12.9. The fraction of sp³-hybridized carbons (Fsp3) is 0.500. The molecule has 1 amide bonds. The molecule has 0 saturated heterocycles. The number of hydrogen-bond donors (Lipinski definition) is 2. The molecule has 0 radical (unpaired) electrons. The summed E-state index contributed by atoms with van der Waals surface area (Å²) in [5.41, 5.74) is 0. The first-order valence-corrected chi connectivity index (χ1v) is 8.40. The van der Waals surface area contributed by atoms with E-state index >= 15 is 0 Å². The second-order valence-electron chi connectivity index (χ2n) is 5.43. The second-order valence-corrected chi connectivity index (χ2v) is 7.77. The van der Waals surface area contributed by atoms with Crippen LogP contribution in [0.2, 0.25) is 0 Å². The molecule has 1 aromatic carbocycles. The molecule has 1 aliphatic carbocycles. The molecule has 1 fully saturated rings. The van der Waals surface area contributed by atoms with E-state index in [2.05, 4.69) is 0 Å². The SMILES string of the molecule is COc1ccc(S(=O)(=O)C2(CC(=O)N(O)O)CCCC2)cc1. The normalized spacial score (nSPS) is 17.2. The van der Waals surface area contributed by atoms with Crippen LogP contribution >= 0.6 is 0 Å². The van der Waals surface area contributed by atoms with Crippen LogP contribution in [0.3, 0.4) is 0 Å². The Morgan fingerprint density at radius 3 is 2.23 bits per heavy atom. The van der Waals surface area contributed by atoms with Crippen LogP contribution in [0.4, 0.5) is 0 Å². The number of rotatable bonds is 5. The highest BCUT2D eigenvalue weighted by Gasteiger charge is 2.48. The van der Waals surface area contributed by atoms with Crippen molar-refractivity contribution < 1.29 is 28.4 Å². The summed E-state index contributed by atoms with van der Waals surface area (Å²) in [5.74, 6) is -0.494. The first-order valence-electron chi connectivity index (χ1n) is 6.92. The maximum absolute atomic E-state index is 12.9. The van der Waals surface area contributed by atoms with Crippen LogP contribution in [-0.4, -0.2) is 41.8 Å². The molecule has 0 aliphatic heterocycles. The molecule has 0 unspecified atom stereocenters. The number of nitrogens with zero attached hydrogens (tertiary/aromatic N) is 1. The van der Waals surface area contributed by atoms with E-state index in [0.29, 0.717) is 31.4 Å². The van der Waals surface area contributed by atoms with Crippen LogP contribution in [-0.2, 0) is 14.6 Å². The van der Waals surface area contributed by atoms with Gasteiger partial charge in [0.1, 0.15) is 5.75 Å². The van der Waals surface area contributed by atoms with Crippen molar-refractivity contribution in [3.05, 3.63) is 24.3 Å². The van der Waals surface area contributed by atoms with Crippen LogP contribution in [0.25, 0.3) is 0 Å². The van der Waals surface area contributed by atoms with Crippen LogP contribution in [0.5, 0.6) is 5.75 Å². The van der Waals surface area contributed by atoms with E-state index in [1.54, 1.807) is 12.1 Å². The standard InChI is InChI=1S/C14H19NO6S/c1-21-11-4-6-12(7-5-11)22(19,20)14(8-2-3-9-14)10-13(16)15(17)18/h4-7,17-18H,2-3,8-10H2,1H3. The van der Waals surface area contributed by atoms with E-state index < -0.39 is 32.1 Å². The summed E-state index contributed by atoms with van der Waals surface area (Å²) in [4.78, 5) is 11.7. The highest BCUT2D eigenvalue weighted by Crippen LogP contribution is 2.43. The molecule has 122 valence electrons. The van der Waals surface area contributed by atoms with Crippen molar-refractivity contribution in [1.82, 2.24) is 5.23 Å². The van der Waals surface area contributed by atoms with Gasteiger partial charge in [-0.15, -0.1) is 0 Å². The topological polar surface area (TPSA) is 104 Å². The lowest BCUT2D eigenvalue weighted by atomic mass is 10.0. The number of carbonyl (C=O) groups is 1. The Balaban J connectivity index is 2.39. The Labute approximate surface area is 129 Å². The monoisotopic (exact) mass is 329 g/mol. The fourth-order valence-corrected chi connectivity index (χ4v) is 5.05. The number of hydroxylamine groups is 2. The first kappa shape index (κ1) is 16.7. The number of amides is 1. The fourth-order valence-electron chi connectivity index (χ4n) is 2.91. The van der Waals surface area contributed by atoms with Gasteiger partial charge in [0, 0.05) is 0 Å². The molecule has 22 heavy (non-hydrogen) atoms. The Morgan fingerprint density at radius 1 is 1.23 bits per heavy atom. The molecular weight excluding hydrogens is 310 g/mol. The van der Waals surface area contributed by atoms with Crippen molar-refractivity contribution in [3.63, 3.8) is 0 Å². The third kappa shape index (κ3) is 2.94. The molecular formula is C14H19NO6S. The Morgan fingerprint density at radius 2 is 1.77 bits per heavy atom.